The fourth-order valence-electron chi connectivity index (χ4n) is 1.67. The van der Waals surface area contributed by atoms with E-state index in [2.05, 4.69) is 15.9 Å². The van der Waals surface area contributed by atoms with Gasteiger partial charge in [0.25, 0.3) is 0 Å². The van der Waals surface area contributed by atoms with Gasteiger partial charge in [0.2, 0.25) is 0 Å². The predicted molar refractivity (Wildman–Crippen MR) is 69.0 cm³/mol. The fourth-order valence-corrected chi connectivity index (χ4v) is 2.04. The summed E-state index contributed by atoms with van der Waals surface area (Å²) in [4.78, 5) is 12.1. The summed E-state index contributed by atoms with van der Waals surface area (Å²) in [7, 11) is 0. The summed E-state index contributed by atoms with van der Waals surface area (Å²) in [6.07, 6.45) is -4.55. The van der Waals surface area contributed by atoms with E-state index in [1.165, 1.54) is 24.3 Å². The maximum Gasteiger partial charge on any atom is 0.416 e. The molecular weight excluding hydrogens is 340 g/mol. The Morgan fingerprint density at radius 2 is 1.70 bits per heavy atom. The van der Waals surface area contributed by atoms with E-state index in [0.29, 0.717) is 6.07 Å². The van der Waals surface area contributed by atoms with E-state index in [1.54, 1.807) is 0 Å². The first-order valence-corrected chi connectivity index (χ1v) is 6.26. The lowest BCUT2D eigenvalue weighted by atomic mass is 10.0. The summed E-state index contributed by atoms with van der Waals surface area (Å²) in [5.74, 6) is -1.59. The standard InChI is InChI=1S/C14H7BrF4O/c15-11-6-2-5-10(12(11)16)13(20)8-3-1-4-9(7-8)14(17,18)19/h1-7H. The lowest BCUT2D eigenvalue weighted by Crippen LogP contribution is -2.09. The van der Waals surface area contributed by atoms with Crippen LogP contribution in [-0.2, 0) is 6.18 Å². The number of carbonyl (C=O) groups excluding carboxylic acids is 1. The van der Waals surface area contributed by atoms with E-state index >= 15 is 0 Å². The van der Waals surface area contributed by atoms with Crippen molar-refractivity contribution in [2.24, 2.45) is 0 Å². The molecule has 0 aliphatic carbocycles. The van der Waals surface area contributed by atoms with Crippen LogP contribution in [0.25, 0.3) is 0 Å². The highest BCUT2D eigenvalue weighted by Crippen LogP contribution is 2.30. The van der Waals surface area contributed by atoms with Crippen LogP contribution in [0.15, 0.2) is 46.9 Å². The van der Waals surface area contributed by atoms with Crippen LogP contribution in [0.4, 0.5) is 17.6 Å². The molecule has 2 aromatic carbocycles. The topological polar surface area (TPSA) is 17.1 Å². The Labute approximate surface area is 120 Å². The van der Waals surface area contributed by atoms with Crippen LogP contribution < -0.4 is 0 Å². The molecule has 0 aromatic heterocycles. The number of benzene rings is 2. The average Bonchev–Trinajstić information content (AvgIpc) is 2.40. The molecule has 0 saturated carbocycles. The van der Waals surface area contributed by atoms with Gasteiger partial charge in [-0.2, -0.15) is 13.2 Å². The second-order valence-corrected chi connectivity index (χ2v) is 4.86. The second-order valence-electron chi connectivity index (χ2n) is 4.01. The molecular formula is C14H7BrF4O. The molecule has 0 aliphatic heterocycles. The molecule has 104 valence electrons. The number of hydrogen-bond acceptors (Lipinski definition) is 1. The summed E-state index contributed by atoms with van der Waals surface area (Å²) in [5, 5.41) is 0. The van der Waals surface area contributed by atoms with Crippen molar-refractivity contribution in [3.05, 3.63) is 69.4 Å². The second kappa shape index (κ2) is 5.36. The molecule has 2 rings (SSSR count). The molecule has 0 atom stereocenters. The first-order valence-electron chi connectivity index (χ1n) is 5.46. The van der Waals surface area contributed by atoms with E-state index in [-0.39, 0.29) is 15.6 Å². The van der Waals surface area contributed by atoms with Crippen LogP contribution in [0.2, 0.25) is 0 Å². The summed E-state index contributed by atoms with van der Waals surface area (Å²) in [6, 6.07) is 7.97. The van der Waals surface area contributed by atoms with Gasteiger partial charge in [0.15, 0.2) is 5.78 Å². The van der Waals surface area contributed by atoms with Crippen molar-refractivity contribution in [3.63, 3.8) is 0 Å². The predicted octanol–water partition coefficient (Wildman–Crippen LogP) is 4.84. The molecule has 0 N–H and O–H groups in total. The van der Waals surface area contributed by atoms with Gasteiger partial charge in [-0.1, -0.05) is 18.2 Å². The SMILES string of the molecule is O=C(c1cccc(C(F)(F)F)c1)c1cccc(Br)c1F. The van der Waals surface area contributed by atoms with Crippen molar-refractivity contribution in [2.75, 3.05) is 0 Å². The Kier molecular flexibility index (Phi) is 3.94. The van der Waals surface area contributed by atoms with Crippen molar-refractivity contribution in [3.8, 4) is 0 Å². The first kappa shape index (κ1) is 14.7. The highest BCUT2D eigenvalue weighted by molar-refractivity contribution is 9.10. The van der Waals surface area contributed by atoms with Crippen molar-refractivity contribution < 1.29 is 22.4 Å². The Morgan fingerprint density at radius 3 is 2.35 bits per heavy atom. The molecule has 0 unspecified atom stereocenters. The van der Waals surface area contributed by atoms with Crippen LogP contribution in [0, 0.1) is 5.82 Å². The van der Waals surface area contributed by atoms with Crippen molar-refractivity contribution in [1.82, 2.24) is 0 Å². The largest absolute Gasteiger partial charge is 0.416 e. The van der Waals surface area contributed by atoms with Gasteiger partial charge < -0.3 is 0 Å². The van der Waals surface area contributed by atoms with Gasteiger partial charge in [-0.05, 0) is 40.2 Å². The van der Waals surface area contributed by atoms with E-state index in [0.717, 1.165) is 12.1 Å². The highest BCUT2D eigenvalue weighted by atomic mass is 79.9. The zero-order valence-corrected chi connectivity index (χ0v) is 11.4. The zero-order chi connectivity index (χ0) is 14.9. The molecule has 0 aliphatic rings. The summed E-state index contributed by atoms with van der Waals surface area (Å²) in [6.45, 7) is 0. The monoisotopic (exact) mass is 346 g/mol. The van der Waals surface area contributed by atoms with Crippen LogP contribution in [0.1, 0.15) is 21.5 Å². The maximum absolute atomic E-state index is 13.8. The van der Waals surface area contributed by atoms with Gasteiger partial charge in [-0.15, -0.1) is 0 Å². The van der Waals surface area contributed by atoms with Gasteiger partial charge in [0.1, 0.15) is 5.82 Å². The Bertz CT molecular complexity index is 664. The molecule has 0 bridgehead atoms. The zero-order valence-electron chi connectivity index (χ0n) is 9.84. The Morgan fingerprint density at radius 1 is 1.05 bits per heavy atom. The number of halogens is 5. The van der Waals surface area contributed by atoms with Gasteiger partial charge in [0.05, 0.1) is 15.6 Å². The molecule has 6 heteroatoms. The smallest absolute Gasteiger partial charge is 0.288 e. The third-order valence-corrected chi connectivity index (χ3v) is 3.26. The Hall–Kier alpha value is -1.69. The number of hydrogen-bond donors (Lipinski definition) is 0. The summed E-state index contributed by atoms with van der Waals surface area (Å²) >= 11 is 2.93. The minimum atomic E-state index is -4.55. The van der Waals surface area contributed by atoms with Gasteiger partial charge >= 0.3 is 6.18 Å². The van der Waals surface area contributed by atoms with Crippen molar-refractivity contribution in [1.29, 1.82) is 0 Å². The van der Waals surface area contributed by atoms with Crippen molar-refractivity contribution in [2.45, 2.75) is 6.18 Å². The van der Waals surface area contributed by atoms with E-state index < -0.39 is 23.3 Å². The summed E-state index contributed by atoms with van der Waals surface area (Å²) < 4.78 is 51.6. The number of ketones is 1. The minimum Gasteiger partial charge on any atom is -0.288 e. The molecule has 0 saturated heterocycles. The van der Waals surface area contributed by atoms with E-state index in [4.69, 9.17) is 0 Å². The molecule has 2 aromatic rings. The van der Waals surface area contributed by atoms with Gasteiger partial charge in [-0.3, -0.25) is 4.79 Å². The Balaban J connectivity index is 2.47. The molecule has 0 radical (unpaired) electrons. The quantitative estimate of drug-likeness (QED) is 0.561. The minimum absolute atomic E-state index is 0.0790. The fraction of sp³-hybridized carbons (Fsp3) is 0.0714. The normalized spacial score (nSPS) is 11.4. The van der Waals surface area contributed by atoms with Gasteiger partial charge in [0, 0.05) is 5.56 Å². The molecule has 0 spiro atoms. The molecule has 0 amide bonds. The third kappa shape index (κ3) is 2.90. The van der Waals surface area contributed by atoms with Crippen LogP contribution >= 0.6 is 15.9 Å². The molecule has 0 heterocycles. The number of alkyl halides is 3. The van der Waals surface area contributed by atoms with Crippen LogP contribution in [0.5, 0.6) is 0 Å². The maximum atomic E-state index is 13.8. The average molecular weight is 347 g/mol. The lowest BCUT2D eigenvalue weighted by Gasteiger charge is -2.09. The van der Waals surface area contributed by atoms with Crippen molar-refractivity contribution >= 4 is 21.7 Å². The first-order chi connectivity index (χ1) is 9.30. The van der Waals surface area contributed by atoms with Gasteiger partial charge in [-0.25, -0.2) is 4.39 Å². The van der Waals surface area contributed by atoms with E-state index in [1.807, 2.05) is 0 Å². The molecule has 1 nitrogen and oxygen atoms in total. The lowest BCUT2D eigenvalue weighted by molar-refractivity contribution is -0.137. The third-order valence-electron chi connectivity index (χ3n) is 2.65. The summed E-state index contributed by atoms with van der Waals surface area (Å²) in [5.41, 5.74) is -1.44. The highest BCUT2D eigenvalue weighted by Gasteiger charge is 2.31. The molecule has 20 heavy (non-hydrogen) atoms. The van der Waals surface area contributed by atoms with Crippen LogP contribution in [-0.4, -0.2) is 5.78 Å². The van der Waals surface area contributed by atoms with Crippen LogP contribution in [0.3, 0.4) is 0 Å². The van der Waals surface area contributed by atoms with E-state index in [9.17, 15) is 22.4 Å². The molecule has 0 fully saturated rings. The number of rotatable bonds is 2. The number of carbonyl (C=O) groups is 1.